The SMILES string of the molecule is NC(=O)CCNC1CC(c2ccc(Br)cc2)C1. The summed E-state index contributed by atoms with van der Waals surface area (Å²) in [4.78, 5) is 10.6. The highest BCUT2D eigenvalue weighted by molar-refractivity contribution is 9.10. The lowest BCUT2D eigenvalue weighted by Gasteiger charge is -2.36. The average molecular weight is 297 g/mol. The quantitative estimate of drug-likeness (QED) is 0.875. The first kappa shape index (κ1) is 12.6. The molecule has 0 atom stereocenters. The zero-order valence-corrected chi connectivity index (χ0v) is 11.2. The second-order valence-electron chi connectivity index (χ2n) is 4.59. The van der Waals surface area contributed by atoms with Crippen LogP contribution in [0, 0.1) is 0 Å². The fourth-order valence-corrected chi connectivity index (χ4v) is 2.46. The first-order valence-electron chi connectivity index (χ1n) is 5.92. The van der Waals surface area contributed by atoms with E-state index < -0.39 is 0 Å². The Hall–Kier alpha value is -0.870. The maximum absolute atomic E-state index is 10.6. The van der Waals surface area contributed by atoms with E-state index in [2.05, 4.69) is 45.5 Å². The van der Waals surface area contributed by atoms with Crippen molar-refractivity contribution in [2.45, 2.75) is 31.2 Å². The molecule has 17 heavy (non-hydrogen) atoms. The highest BCUT2D eigenvalue weighted by Crippen LogP contribution is 2.37. The smallest absolute Gasteiger partial charge is 0.218 e. The molecule has 1 aliphatic carbocycles. The maximum atomic E-state index is 10.6. The second-order valence-corrected chi connectivity index (χ2v) is 5.50. The van der Waals surface area contributed by atoms with Crippen LogP contribution in [0.4, 0.5) is 0 Å². The van der Waals surface area contributed by atoms with Crippen molar-refractivity contribution in [3.63, 3.8) is 0 Å². The van der Waals surface area contributed by atoms with Gasteiger partial charge in [-0.25, -0.2) is 0 Å². The fourth-order valence-electron chi connectivity index (χ4n) is 2.19. The van der Waals surface area contributed by atoms with Gasteiger partial charge in [0.2, 0.25) is 5.91 Å². The van der Waals surface area contributed by atoms with Gasteiger partial charge in [0.1, 0.15) is 0 Å². The molecule has 1 aromatic rings. The Morgan fingerprint density at radius 3 is 2.59 bits per heavy atom. The van der Waals surface area contributed by atoms with Gasteiger partial charge in [0, 0.05) is 23.5 Å². The zero-order valence-electron chi connectivity index (χ0n) is 9.66. The van der Waals surface area contributed by atoms with Crippen LogP contribution in [0.1, 0.15) is 30.7 Å². The predicted octanol–water partition coefficient (Wildman–Crippen LogP) is 2.16. The largest absolute Gasteiger partial charge is 0.370 e. The van der Waals surface area contributed by atoms with Gasteiger partial charge in [0.15, 0.2) is 0 Å². The van der Waals surface area contributed by atoms with Crippen LogP contribution in [0.25, 0.3) is 0 Å². The Labute approximate surface area is 110 Å². The van der Waals surface area contributed by atoms with Crippen LogP contribution >= 0.6 is 15.9 Å². The van der Waals surface area contributed by atoms with E-state index in [4.69, 9.17) is 5.73 Å². The molecule has 2 rings (SSSR count). The standard InChI is InChI=1S/C13H17BrN2O/c14-11-3-1-9(2-4-11)10-7-12(8-10)16-6-5-13(15)17/h1-4,10,12,16H,5-8H2,(H2,15,17). The van der Waals surface area contributed by atoms with E-state index in [0.29, 0.717) is 24.9 Å². The van der Waals surface area contributed by atoms with Crippen molar-refractivity contribution < 1.29 is 4.79 Å². The third kappa shape index (κ3) is 3.54. The number of hydrogen-bond donors (Lipinski definition) is 2. The number of nitrogens with one attached hydrogen (secondary N) is 1. The topological polar surface area (TPSA) is 55.1 Å². The van der Waals surface area contributed by atoms with E-state index >= 15 is 0 Å². The summed E-state index contributed by atoms with van der Waals surface area (Å²) in [5.41, 5.74) is 6.49. The third-order valence-corrected chi connectivity index (χ3v) is 3.81. The number of halogens is 1. The first-order valence-corrected chi connectivity index (χ1v) is 6.71. The van der Waals surface area contributed by atoms with Gasteiger partial charge >= 0.3 is 0 Å². The number of carbonyl (C=O) groups is 1. The number of primary amides is 1. The van der Waals surface area contributed by atoms with Crippen LogP contribution in [0.5, 0.6) is 0 Å². The number of hydrogen-bond acceptors (Lipinski definition) is 2. The molecule has 0 aliphatic heterocycles. The van der Waals surface area contributed by atoms with Gasteiger partial charge in [-0.2, -0.15) is 0 Å². The molecule has 4 heteroatoms. The van der Waals surface area contributed by atoms with Crippen LogP contribution in [0.2, 0.25) is 0 Å². The Bertz CT molecular complexity index is 385. The maximum Gasteiger partial charge on any atom is 0.218 e. The lowest BCUT2D eigenvalue weighted by Crippen LogP contribution is -2.41. The van der Waals surface area contributed by atoms with Crippen molar-refractivity contribution in [3.05, 3.63) is 34.3 Å². The van der Waals surface area contributed by atoms with Crippen molar-refractivity contribution in [2.24, 2.45) is 5.73 Å². The molecule has 1 saturated carbocycles. The van der Waals surface area contributed by atoms with Crippen molar-refractivity contribution in [1.82, 2.24) is 5.32 Å². The number of carbonyl (C=O) groups excluding carboxylic acids is 1. The number of amides is 1. The zero-order chi connectivity index (χ0) is 12.3. The minimum Gasteiger partial charge on any atom is -0.370 e. The van der Waals surface area contributed by atoms with Gasteiger partial charge in [0.25, 0.3) is 0 Å². The monoisotopic (exact) mass is 296 g/mol. The van der Waals surface area contributed by atoms with Gasteiger partial charge in [-0.05, 0) is 36.5 Å². The molecule has 1 aromatic carbocycles. The highest BCUT2D eigenvalue weighted by Gasteiger charge is 2.29. The summed E-state index contributed by atoms with van der Waals surface area (Å²) >= 11 is 3.44. The average Bonchev–Trinajstić information content (AvgIpc) is 2.23. The molecule has 1 fully saturated rings. The summed E-state index contributed by atoms with van der Waals surface area (Å²) in [6.07, 6.45) is 2.74. The molecule has 3 nitrogen and oxygen atoms in total. The van der Waals surface area contributed by atoms with Crippen molar-refractivity contribution in [2.75, 3.05) is 6.54 Å². The van der Waals surface area contributed by atoms with Crippen molar-refractivity contribution in [1.29, 1.82) is 0 Å². The van der Waals surface area contributed by atoms with E-state index in [1.807, 2.05) is 0 Å². The van der Waals surface area contributed by atoms with Gasteiger partial charge in [-0.3, -0.25) is 4.79 Å². The van der Waals surface area contributed by atoms with Gasteiger partial charge in [-0.15, -0.1) is 0 Å². The Balaban J connectivity index is 1.71. The fraction of sp³-hybridized carbons (Fsp3) is 0.462. The first-order chi connectivity index (χ1) is 8.15. The Morgan fingerprint density at radius 1 is 1.35 bits per heavy atom. The van der Waals surface area contributed by atoms with Gasteiger partial charge < -0.3 is 11.1 Å². The molecule has 92 valence electrons. The van der Waals surface area contributed by atoms with Crippen LogP contribution in [0.3, 0.4) is 0 Å². The molecule has 0 unspecified atom stereocenters. The molecule has 0 heterocycles. The van der Waals surface area contributed by atoms with Crippen LogP contribution in [-0.4, -0.2) is 18.5 Å². The lowest BCUT2D eigenvalue weighted by atomic mass is 9.76. The Kier molecular flexibility index (Phi) is 4.18. The third-order valence-electron chi connectivity index (χ3n) is 3.28. The minimum atomic E-state index is -0.235. The number of rotatable bonds is 5. The van der Waals surface area contributed by atoms with E-state index in [1.54, 1.807) is 0 Å². The summed E-state index contributed by atoms with van der Waals surface area (Å²) < 4.78 is 1.12. The summed E-state index contributed by atoms with van der Waals surface area (Å²) in [5, 5.41) is 3.35. The van der Waals surface area contributed by atoms with Crippen LogP contribution in [0.15, 0.2) is 28.7 Å². The number of benzene rings is 1. The van der Waals surface area contributed by atoms with E-state index in [0.717, 1.165) is 17.3 Å². The minimum absolute atomic E-state index is 0.235. The lowest BCUT2D eigenvalue weighted by molar-refractivity contribution is -0.117. The molecular formula is C13H17BrN2O. The predicted molar refractivity (Wildman–Crippen MR) is 71.7 cm³/mol. The molecule has 0 saturated heterocycles. The van der Waals surface area contributed by atoms with Crippen LogP contribution < -0.4 is 11.1 Å². The van der Waals surface area contributed by atoms with E-state index in [9.17, 15) is 4.79 Å². The van der Waals surface area contributed by atoms with E-state index in [1.165, 1.54) is 5.56 Å². The summed E-state index contributed by atoms with van der Waals surface area (Å²) in [6, 6.07) is 9.07. The molecule has 1 amide bonds. The molecule has 0 spiro atoms. The molecule has 0 aromatic heterocycles. The highest BCUT2D eigenvalue weighted by atomic mass is 79.9. The normalized spacial score (nSPS) is 23.1. The van der Waals surface area contributed by atoms with E-state index in [-0.39, 0.29) is 5.91 Å². The molecule has 3 N–H and O–H groups in total. The van der Waals surface area contributed by atoms with Gasteiger partial charge in [0.05, 0.1) is 0 Å². The molecular weight excluding hydrogens is 280 g/mol. The van der Waals surface area contributed by atoms with Crippen molar-refractivity contribution >= 4 is 21.8 Å². The Morgan fingerprint density at radius 2 is 2.00 bits per heavy atom. The molecule has 0 radical (unpaired) electrons. The second kappa shape index (κ2) is 5.65. The summed E-state index contributed by atoms with van der Waals surface area (Å²) in [6.45, 7) is 0.701. The summed E-state index contributed by atoms with van der Waals surface area (Å²) in [7, 11) is 0. The number of nitrogens with two attached hydrogens (primary N) is 1. The molecule has 1 aliphatic rings. The molecule has 0 bridgehead atoms. The van der Waals surface area contributed by atoms with Crippen LogP contribution in [-0.2, 0) is 4.79 Å². The summed E-state index contributed by atoms with van der Waals surface area (Å²) in [5.74, 6) is 0.426. The van der Waals surface area contributed by atoms with Gasteiger partial charge in [-0.1, -0.05) is 28.1 Å². The van der Waals surface area contributed by atoms with Crippen molar-refractivity contribution in [3.8, 4) is 0 Å².